The molecule has 140 valence electrons. The number of carbonyl (C=O) groups is 1. The molecule has 1 saturated heterocycles. The second kappa shape index (κ2) is 8.84. The molecule has 8 heteroatoms. The number of carbonyl (C=O) groups excluding carboxylic acids is 1. The van der Waals surface area contributed by atoms with Crippen LogP contribution in [0.25, 0.3) is 11.5 Å². The Morgan fingerprint density at radius 1 is 1.23 bits per heavy atom. The fourth-order valence-corrected chi connectivity index (χ4v) is 3.42. The Bertz CT molecular complexity index is 757. The maximum Gasteiger partial charge on any atom is 0.259 e. The first kappa shape index (κ1) is 19.1. The van der Waals surface area contributed by atoms with E-state index in [-0.39, 0.29) is 5.91 Å². The van der Waals surface area contributed by atoms with Crippen LogP contribution in [0.15, 0.2) is 22.7 Å². The van der Waals surface area contributed by atoms with E-state index in [1.807, 2.05) is 4.90 Å². The molecule has 1 fully saturated rings. The van der Waals surface area contributed by atoms with Gasteiger partial charge in [0.25, 0.3) is 5.89 Å². The summed E-state index contributed by atoms with van der Waals surface area (Å²) in [6, 6.07) is 5.15. The van der Waals surface area contributed by atoms with Crippen molar-refractivity contribution in [2.75, 3.05) is 26.2 Å². The smallest absolute Gasteiger partial charge is 0.259 e. The number of nitrogens with zero attached hydrogens (tertiary/aromatic N) is 4. The molecule has 3 rings (SSSR count). The number of piperazine rings is 1. The summed E-state index contributed by atoms with van der Waals surface area (Å²) >= 11 is 12.1. The monoisotopic (exact) mass is 396 g/mol. The van der Waals surface area contributed by atoms with Crippen LogP contribution in [-0.4, -0.2) is 52.0 Å². The van der Waals surface area contributed by atoms with Crippen LogP contribution in [0.1, 0.15) is 32.0 Å². The summed E-state index contributed by atoms with van der Waals surface area (Å²) < 4.78 is 5.34. The summed E-state index contributed by atoms with van der Waals surface area (Å²) in [5.41, 5.74) is 0.668. The zero-order valence-electron chi connectivity index (χ0n) is 14.8. The van der Waals surface area contributed by atoms with Crippen LogP contribution in [0.5, 0.6) is 0 Å². The Morgan fingerprint density at radius 2 is 2.00 bits per heavy atom. The van der Waals surface area contributed by atoms with Crippen molar-refractivity contribution in [1.29, 1.82) is 0 Å². The Balaban J connectivity index is 1.55. The van der Waals surface area contributed by atoms with E-state index in [2.05, 4.69) is 22.0 Å². The zero-order chi connectivity index (χ0) is 18.5. The molecule has 2 heterocycles. The number of unbranched alkanes of at least 4 members (excludes halogenated alkanes) is 1. The molecule has 0 aliphatic carbocycles. The van der Waals surface area contributed by atoms with Crippen LogP contribution in [0.4, 0.5) is 0 Å². The van der Waals surface area contributed by atoms with Gasteiger partial charge in [0.15, 0.2) is 5.82 Å². The van der Waals surface area contributed by atoms with Gasteiger partial charge in [-0.1, -0.05) is 41.7 Å². The van der Waals surface area contributed by atoms with Crippen molar-refractivity contribution >= 4 is 29.1 Å². The molecule has 1 aromatic heterocycles. The largest absolute Gasteiger partial charge is 0.340 e. The van der Waals surface area contributed by atoms with Gasteiger partial charge in [-0.2, -0.15) is 4.98 Å². The van der Waals surface area contributed by atoms with Gasteiger partial charge < -0.3 is 9.42 Å². The number of amides is 1. The quantitative estimate of drug-likeness (QED) is 0.741. The number of hydrogen-bond donors (Lipinski definition) is 0. The van der Waals surface area contributed by atoms with Crippen molar-refractivity contribution in [3.05, 3.63) is 34.1 Å². The molecule has 26 heavy (non-hydrogen) atoms. The minimum Gasteiger partial charge on any atom is -0.340 e. The molecule has 1 aromatic carbocycles. The van der Waals surface area contributed by atoms with Crippen molar-refractivity contribution in [2.45, 2.75) is 32.7 Å². The van der Waals surface area contributed by atoms with E-state index >= 15 is 0 Å². The molecule has 1 amide bonds. The minimum atomic E-state index is 0.255. The SMILES string of the molecule is CCCCC(=O)N1CCN(Cc2noc(-c3ccc(Cl)cc3Cl)n2)CC1. The standard InChI is InChI=1S/C18H22Cl2N4O2/c1-2-3-4-17(25)24-9-7-23(8-10-24)12-16-21-18(26-22-16)14-6-5-13(19)11-15(14)20/h5-6,11H,2-4,7-10,12H2,1H3. The average molecular weight is 397 g/mol. The van der Waals surface area contributed by atoms with Gasteiger partial charge in [0.2, 0.25) is 5.91 Å². The fraction of sp³-hybridized carbons (Fsp3) is 0.500. The van der Waals surface area contributed by atoms with Crippen LogP contribution in [0.3, 0.4) is 0 Å². The van der Waals surface area contributed by atoms with Gasteiger partial charge in [0.1, 0.15) is 0 Å². The molecule has 6 nitrogen and oxygen atoms in total. The van der Waals surface area contributed by atoms with E-state index in [4.69, 9.17) is 27.7 Å². The third kappa shape index (κ3) is 4.75. The van der Waals surface area contributed by atoms with Crippen molar-refractivity contribution in [3.8, 4) is 11.5 Å². The van der Waals surface area contributed by atoms with Gasteiger partial charge in [-0.15, -0.1) is 0 Å². The van der Waals surface area contributed by atoms with Crippen LogP contribution in [-0.2, 0) is 11.3 Å². The molecule has 1 aliphatic rings. The molecule has 1 aliphatic heterocycles. The van der Waals surface area contributed by atoms with E-state index in [1.165, 1.54) is 0 Å². The van der Waals surface area contributed by atoms with Crippen LogP contribution in [0, 0.1) is 0 Å². The van der Waals surface area contributed by atoms with Crippen molar-refractivity contribution in [2.24, 2.45) is 0 Å². The summed E-state index contributed by atoms with van der Waals surface area (Å²) in [5.74, 6) is 1.25. The molecule has 0 radical (unpaired) electrons. The molecular formula is C18H22Cl2N4O2. The predicted octanol–water partition coefficient (Wildman–Crippen LogP) is 3.88. The maximum absolute atomic E-state index is 12.1. The topological polar surface area (TPSA) is 62.5 Å². The van der Waals surface area contributed by atoms with Gasteiger partial charge in [0, 0.05) is 37.6 Å². The summed E-state index contributed by atoms with van der Waals surface area (Å²) in [4.78, 5) is 20.7. The highest BCUT2D eigenvalue weighted by Gasteiger charge is 2.22. The van der Waals surface area contributed by atoms with Gasteiger partial charge >= 0.3 is 0 Å². The first-order chi connectivity index (χ1) is 12.6. The molecule has 0 saturated carbocycles. The van der Waals surface area contributed by atoms with Crippen LogP contribution in [0.2, 0.25) is 10.0 Å². The Morgan fingerprint density at radius 3 is 2.69 bits per heavy atom. The highest BCUT2D eigenvalue weighted by atomic mass is 35.5. The minimum absolute atomic E-state index is 0.255. The maximum atomic E-state index is 12.1. The number of aromatic nitrogens is 2. The molecule has 0 atom stereocenters. The van der Waals surface area contributed by atoms with Gasteiger partial charge in [-0.3, -0.25) is 9.69 Å². The van der Waals surface area contributed by atoms with E-state index in [1.54, 1.807) is 18.2 Å². The lowest BCUT2D eigenvalue weighted by Gasteiger charge is -2.34. The molecule has 0 unspecified atom stereocenters. The first-order valence-electron chi connectivity index (χ1n) is 8.85. The second-order valence-corrected chi connectivity index (χ2v) is 7.24. The Labute approximate surface area is 163 Å². The predicted molar refractivity (Wildman–Crippen MR) is 101 cm³/mol. The number of rotatable bonds is 6. The summed E-state index contributed by atoms with van der Waals surface area (Å²) in [7, 11) is 0. The average Bonchev–Trinajstić information content (AvgIpc) is 3.08. The molecule has 0 bridgehead atoms. The van der Waals surface area contributed by atoms with E-state index in [0.29, 0.717) is 40.3 Å². The van der Waals surface area contributed by atoms with E-state index in [0.717, 1.165) is 39.0 Å². The number of halogens is 2. The Hall–Kier alpha value is -1.63. The van der Waals surface area contributed by atoms with Crippen LogP contribution < -0.4 is 0 Å². The zero-order valence-corrected chi connectivity index (χ0v) is 16.3. The fourth-order valence-electron chi connectivity index (χ4n) is 2.93. The lowest BCUT2D eigenvalue weighted by Crippen LogP contribution is -2.48. The summed E-state index contributed by atoms with van der Waals surface area (Å²) in [6.07, 6.45) is 2.65. The third-order valence-corrected chi connectivity index (χ3v) is 5.01. The normalized spacial score (nSPS) is 15.4. The summed E-state index contributed by atoms with van der Waals surface area (Å²) in [6.45, 7) is 5.80. The van der Waals surface area contributed by atoms with Crippen molar-refractivity contribution in [1.82, 2.24) is 19.9 Å². The third-order valence-electron chi connectivity index (χ3n) is 4.46. The number of hydrogen-bond acceptors (Lipinski definition) is 5. The molecule has 0 N–H and O–H groups in total. The van der Waals surface area contributed by atoms with E-state index < -0.39 is 0 Å². The van der Waals surface area contributed by atoms with Gasteiger partial charge in [0.05, 0.1) is 17.1 Å². The highest BCUT2D eigenvalue weighted by molar-refractivity contribution is 6.36. The lowest BCUT2D eigenvalue weighted by molar-refractivity contribution is -0.133. The van der Waals surface area contributed by atoms with Crippen molar-refractivity contribution in [3.63, 3.8) is 0 Å². The highest BCUT2D eigenvalue weighted by Crippen LogP contribution is 2.29. The van der Waals surface area contributed by atoms with Gasteiger partial charge in [-0.05, 0) is 24.6 Å². The molecule has 2 aromatic rings. The second-order valence-electron chi connectivity index (χ2n) is 6.40. The first-order valence-corrected chi connectivity index (χ1v) is 9.60. The molecular weight excluding hydrogens is 375 g/mol. The number of benzene rings is 1. The summed E-state index contributed by atoms with van der Waals surface area (Å²) in [5, 5.41) is 5.08. The molecule has 0 spiro atoms. The van der Waals surface area contributed by atoms with E-state index in [9.17, 15) is 4.79 Å². The van der Waals surface area contributed by atoms with Crippen LogP contribution >= 0.6 is 23.2 Å². The van der Waals surface area contributed by atoms with Gasteiger partial charge in [-0.25, -0.2) is 0 Å². The Kier molecular flexibility index (Phi) is 6.51. The lowest BCUT2D eigenvalue weighted by atomic mass is 10.2. The van der Waals surface area contributed by atoms with Crippen molar-refractivity contribution < 1.29 is 9.32 Å².